The summed E-state index contributed by atoms with van der Waals surface area (Å²) in [4.78, 5) is 4.20. The van der Waals surface area contributed by atoms with E-state index in [1.54, 1.807) is 0 Å². The van der Waals surface area contributed by atoms with E-state index >= 15 is 0 Å². The summed E-state index contributed by atoms with van der Waals surface area (Å²) in [5.74, 6) is 2.04. The lowest BCUT2D eigenvalue weighted by Crippen LogP contribution is -2.41. The predicted octanol–water partition coefficient (Wildman–Crippen LogP) is 1.58. The Kier molecular flexibility index (Phi) is 2.87. The molecule has 0 atom stereocenters. The number of aryl methyl sites for hydroxylation is 1. The van der Waals surface area contributed by atoms with Gasteiger partial charge in [0.2, 0.25) is 0 Å². The van der Waals surface area contributed by atoms with Crippen molar-refractivity contribution in [3.8, 4) is 0 Å². The van der Waals surface area contributed by atoms with E-state index in [0.29, 0.717) is 0 Å². The molecular weight excluding hydrogens is 174 g/mol. The van der Waals surface area contributed by atoms with Crippen molar-refractivity contribution >= 4 is 0 Å². The van der Waals surface area contributed by atoms with Gasteiger partial charge >= 0.3 is 0 Å². The smallest absolute Gasteiger partial charge is 0.105 e. The summed E-state index contributed by atoms with van der Waals surface area (Å²) in [7, 11) is 0. The van der Waals surface area contributed by atoms with Gasteiger partial charge in [0, 0.05) is 31.5 Å². The van der Waals surface area contributed by atoms with Crippen LogP contribution in [0.15, 0.2) is 12.4 Å². The molecule has 1 fully saturated rings. The Balaban J connectivity index is 1.66. The van der Waals surface area contributed by atoms with Crippen LogP contribution in [0.1, 0.15) is 25.6 Å². The van der Waals surface area contributed by atoms with E-state index in [-0.39, 0.29) is 0 Å². The summed E-state index contributed by atoms with van der Waals surface area (Å²) in [6.45, 7) is 6.47. The van der Waals surface area contributed by atoms with Gasteiger partial charge in [-0.15, -0.1) is 0 Å². The van der Waals surface area contributed by atoms with Crippen LogP contribution in [0, 0.1) is 12.8 Å². The third-order valence-electron chi connectivity index (χ3n) is 3.08. The highest BCUT2D eigenvalue weighted by Gasteiger charge is 2.23. The van der Waals surface area contributed by atoms with Crippen molar-refractivity contribution in [2.45, 2.75) is 39.3 Å². The molecule has 1 aromatic heterocycles. The first-order valence-electron chi connectivity index (χ1n) is 5.47. The van der Waals surface area contributed by atoms with Gasteiger partial charge in [-0.1, -0.05) is 6.92 Å². The monoisotopic (exact) mass is 193 g/mol. The Morgan fingerprint density at radius 2 is 2.36 bits per heavy atom. The number of hydrogen-bond donors (Lipinski definition) is 1. The molecule has 3 nitrogen and oxygen atoms in total. The van der Waals surface area contributed by atoms with Crippen molar-refractivity contribution in [2.24, 2.45) is 5.92 Å². The molecular formula is C11H19N3. The normalized spacial score (nSPS) is 26.1. The number of imidazole rings is 1. The number of hydrogen-bond acceptors (Lipinski definition) is 2. The molecule has 0 bridgehead atoms. The van der Waals surface area contributed by atoms with E-state index in [2.05, 4.69) is 21.8 Å². The van der Waals surface area contributed by atoms with Crippen molar-refractivity contribution in [3.63, 3.8) is 0 Å². The second kappa shape index (κ2) is 4.13. The topological polar surface area (TPSA) is 29.9 Å². The second-order valence-corrected chi connectivity index (χ2v) is 4.40. The van der Waals surface area contributed by atoms with Crippen molar-refractivity contribution in [1.29, 1.82) is 0 Å². The fraction of sp³-hybridized carbons (Fsp3) is 0.727. The average Bonchev–Trinajstić information content (AvgIpc) is 2.49. The van der Waals surface area contributed by atoms with Crippen LogP contribution in [-0.4, -0.2) is 22.1 Å². The molecule has 1 saturated carbocycles. The summed E-state index contributed by atoms with van der Waals surface area (Å²) >= 11 is 0. The maximum Gasteiger partial charge on any atom is 0.105 e. The molecule has 0 saturated heterocycles. The maximum absolute atomic E-state index is 4.20. The minimum Gasteiger partial charge on any atom is -0.334 e. The first kappa shape index (κ1) is 9.71. The van der Waals surface area contributed by atoms with E-state index < -0.39 is 0 Å². The quantitative estimate of drug-likeness (QED) is 0.786. The summed E-state index contributed by atoms with van der Waals surface area (Å²) < 4.78 is 2.19. The Labute approximate surface area is 85.5 Å². The number of rotatable bonds is 4. The third-order valence-corrected chi connectivity index (χ3v) is 3.08. The Morgan fingerprint density at radius 3 is 2.93 bits per heavy atom. The Morgan fingerprint density at radius 1 is 1.57 bits per heavy atom. The van der Waals surface area contributed by atoms with Gasteiger partial charge in [-0.3, -0.25) is 0 Å². The molecule has 3 heteroatoms. The van der Waals surface area contributed by atoms with Crippen molar-refractivity contribution in [1.82, 2.24) is 14.9 Å². The maximum atomic E-state index is 4.20. The van der Waals surface area contributed by atoms with Gasteiger partial charge in [-0.25, -0.2) is 4.98 Å². The third kappa shape index (κ3) is 2.15. The number of nitrogens with zero attached hydrogens (tertiary/aromatic N) is 2. The zero-order chi connectivity index (χ0) is 9.97. The zero-order valence-corrected chi connectivity index (χ0v) is 9.03. The van der Waals surface area contributed by atoms with E-state index in [9.17, 15) is 0 Å². The molecule has 0 amide bonds. The highest BCUT2D eigenvalue weighted by molar-refractivity contribution is 4.89. The summed E-state index contributed by atoms with van der Waals surface area (Å²) in [5.41, 5.74) is 0. The largest absolute Gasteiger partial charge is 0.334 e. The molecule has 0 radical (unpaired) electrons. The van der Waals surface area contributed by atoms with Crippen LogP contribution in [-0.2, 0) is 6.54 Å². The predicted molar refractivity (Wildman–Crippen MR) is 57.2 cm³/mol. The molecule has 78 valence electrons. The molecule has 1 heterocycles. The fourth-order valence-corrected chi connectivity index (χ4v) is 2.10. The molecule has 1 aliphatic carbocycles. The van der Waals surface area contributed by atoms with Crippen LogP contribution in [0.4, 0.5) is 0 Å². The van der Waals surface area contributed by atoms with Gasteiger partial charge < -0.3 is 9.88 Å². The van der Waals surface area contributed by atoms with E-state index in [4.69, 9.17) is 0 Å². The van der Waals surface area contributed by atoms with Crippen molar-refractivity contribution in [2.75, 3.05) is 6.54 Å². The van der Waals surface area contributed by atoms with Crippen LogP contribution in [0.25, 0.3) is 0 Å². The van der Waals surface area contributed by atoms with Gasteiger partial charge in [0.1, 0.15) is 5.82 Å². The van der Waals surface area contributed by atoms with Crippen LogP contribution in [0.3, 0.4) is 0 Å². The molecule has 14 heavy (non-hydrogen) atoms. The standard InChI is InChI=1S/C11H19N3/c1-9-7-11(8-9)13-4-6-14-5-3-12-10(14)2/h3,5,9,11,13H,4,6-8H2,1-2H3. The molecule has 1 aromatic rings. The second-order valence-electron chi connectivity index (χ2n) is 4.40. The summed E-state index contributed by atoms with van der Waals surface area (Å²) in [5, 5.41) is 3.57. The van der Waals surface area contributed by atoms with E-state index in [0.717, 1.165) is 30.9 Å². The Bertz CT molecular complexity index is 286. The molecule has 0 aromatic carbocycles. The number of aromatic nitrogens is 2. The minimum atomic E-state index is 0.772. The lowest BCUT2D eigenvalue weighted by atomic mass is 9.82. The molecule has 0 spiro atoms. The lowest BCUT2D eigenvalue weighted by molar-refractivity contribution is 0.240. The lowest BCUT2D eigenvalue weighted by Gasteiger charge is -2.33. The van der Waals surface area contributed by atoms with Crippen LogP contribution >= 0.6 is 0 Å². The fourth-order valence-electron chi connectivity index (χ4n) is 2.10. The summed E-state index contributed by atoms with van der Waals surface area (Å²) in [6, 6.07) is 0.772. The van der Waals surface area contributed by atoms with Crippen LogP contribution < -0.4 is 5.32 Å². The number of nitrogens with one attached hydrogen (secondary N) is 1. The first-order valence-corrected chi connectivity index (χ1v) is 5.47. The zero-order valence-electron chi connectivity index (χ0n) is 9.03. The van der Waals surface area contributed by atoms with Gasteiger partial charge in [-0.2, -0.15) is 0 Å². The highest BCUT2D eigenvalue weighted by Crippen LogP contribution is 2.25. The first-order chi connectivity index (χ1) is 6.75. The van der Waals surface area contributed by atoms with Crippen LogP contribution in [0.5, 0.6) is 0 Å². The minimum absolute atomic E-state index is 0.772. The SMILES string of the molecule is Cc1nccn1CCNC1CC(C)C1. The molecule has 2 rings (SSSR count). The van der Waals surface area contributed by atoms with Gasteiger partial charge in [0.15, 0.2) is 0 Å². The highest BCUT2D eigenvalue weighted by atomic mass is 15.1. The van der Waals surface area contributed by atoms with Gasteiger partial charge in [-0.05, 0) is 25.7 Å². The van der Waals surface area contributed by atoms with Gasteiger partial charge in [0.25, 0.3) is 0 Å². The molecule has 0 aliphatic heterocycles. The van der Waals surface area contributed by atoms with Crippen LogP contribution in [0.2, 0.25) is 0 Å². The van der Waals surface area contributed by atoms with Crippen molar-refractivity contribution < 1.29 is 0 Å². The van der Waals surface area contributed by atoms with Gasteiger partial charge in [0.05, 0.1) is 0 Å². The molecule has 1 aliphatic rings. The van der Waals surface area contributed by atoms with E-state index in [1.807, 2.05) is 19.3 Å². The Hall–Kier alpha value is -0.830. The average molecular weight is 193 g/mol. The molecule has 1 N–H and O–H groups in total. The van der Waals surface area contributed by atoms with E-state index in [1.165, 1.54) is 12.8 Å². The molecule has 0 unspecified atom stereocenters. The van der Waals surface area contributed by atoms with Crippen molar-refractivity contribution in [3.05, 3.63) is 18.2 Å². The summed E-state index contributed by atoms with van der Waals surface area (Å²) in [6.07, 6.45) is 6.60.